The Morgan fingerprint density at radius 3 is 2.70 bits per heavy atom. The van der Waals surface area contributed by atoms with E-state index < -0.39 is 0 Å². The van der Waals surface area contributed by atoms with Crippen LogP contribution in [0.25, 0.3) is 21.3 Å². The molecule has 0 aliphatic carbocycles. The van der Waals surface area contributed by atoms with E-state index >= 15 is 0 Å². The zero-order chi connectivity index (χ0) is 13.9. The molecule has 102 valence electrons. The maximum absolute atomic E-state index is 4.33. The fourth-order valence-corrected chi connectivity index (χ4v) is 3.11. The second kappa shape index (κ2) is 5.69. The Balaban J connectivity index is 1.94. The van der Waals surface area contributed by atoms with Gasteiger partial charge in [-0.15, -0.1) is 10.2 Å². The molecule has 0 bridgehead atoms. The van der Waals surface area contributed by atoms with E-state index in [9.17, 15) is 0 Å². The van der Waals surface area contributed by atoms with Gasteiger partial charge in [-0.3, -0.25) is 0 Å². The molecule has 1 unspecified atom stereocenters. The molecule has 4 heteroatoms. The van der Waals surface area contributed by atoms with Crippen molar-refractivity contribution in [3.63, 3.8) is 0 Å². The lowest BCUT2D eigenvalue weighted by Crippen LogP contribution is -2.17. The summed E-state index contributed by atoms with van der Waals surface area (Å²) in [6.45, 7) is 5.15. The van der Waals surface area contributed by atoms with E-state index in [-0.39, 0.29) is 6.04 Å². The van der Waals surface area contributed by atoms with E-state index in [0.717, 1.165) is 22.1 Å². The molecule has 0 radical (unpaired) electrons. The standard InChI is InChI=1S/C16H17N3S/c1-3-17-11(2)15-18-19-16(20-15)14-9-8-12-6-4-5-7-13(12)10-14/h4-11,17H,3H2,1-2H3. The lowest BCUT2D eigenvalue weighted by Gasteiger charge is -2.06. The van der Waals surface area contributed by atoms with Crippen molar-refractivity contribution >= 4 is 22.1 Å². The Kier molecular flexibility index (Phi) is 3.76. The van der Waals surface area contributed by atoms with Crippen LogP contribution in [0.1, 0.15) is 24.9 Å². The van der Waals surface area contributed by atoms with Gasteiger partial charge in [-0.05, 0) is 30.3 Å². The van der Waals surface area contributed by atoms with Gasteiger partial charge in [0.05, 0.1) is 6.04 Å². The predicted octanol–water partition coefficient (Wildman–Crippen LogP) is 4.03. The zero-order valence-electron chi connectivity index (χ0n) is 11.6. The molecule has 0 saturated heterocycles. The highest BCUT2D eigenvalue weighted by atomic mass is 32.1. The van der Waals surface area contributed by atoms with E-state index in [0.29, 0.717) is 0 Å². The van der Waals surface area contributed by atoms with Gasteiger partial charge in [-0.1, -0.05) is 54.7 Å². The highest BCUT2D eigenvalue weighted by molar-refractivity contribution is 7.14. The lowest BCUT2D eigenvalue weighted by atomic mass is 10.1. The Hall–Kier alpha value is -1.78. The monoisotopic (exact) mass is 283 g/mol. The summed E-state index contributed by atoms with van der Waals surface area (Å²) in [5.41, 5.74) is 1.14. The minimum atomic E-state index is 0.256. The van der Waals surface area contributed by atoms with E-state index in [1.165, 1.54) is 10.8 Å². The summed E-state index contributed by atoms with van der Waals surface area (Å²) < 4.78 is 0. The van der Waals surface area contributed by atoms with Crippen LogP contribution in [0.4, 0.5) is 0 Å². The average molecular weight is 283 g/mol. The molecule has 3 aromatic rings. The van der Waals surface area contributed by atoms with E-state index in [4.69, 9.17) is 0 Å². The number of hydrogen-bond acceptors (Lipinski definition) is 4. The van der Waals surface area contributed by atoms with Gasteiger partial charge in [0.15, 0.2) is 0 Å². The SMILES string of the molecule is CCNC(C)c1nnc(-c2ccc3ccccc3c2)s1. The molecule has 1 N–H and O–H groups in total. The molecule has 0 aliphatic rings. The van der Waals surface area contributed by atoms with Crippen molar-refractivity contribution in [2.24, 2.45) is 0 Å². The summed E-state index contributed by atoms with van der Waals surface area (Å²) >= 11 is 1.66. The quantitative estimate of drug-likeness (QED) is 0.785. The first kappa shape index (κ1) is 13.2. The third-order valence-electron chi connectivity index (χ3n) is 3.32. The molecule has 0 saturated carbocycles. The molecule has 0 fully saturated rings. The minimum absolute atomic E-state index is 0.256. The molecule has 0 aliphatic heterocycles. The summed E-state index contributed by atoms with van der Waals surface area (Å²) in [4.78, 5) is 0. The summed E-state index contributed by atoms with van der Waals surface area (Å²) in [6, 6.07) is 15.1. The average Bonchev–Trinajstić information content (AvgIpc) is 2.97. The lowest BCUT2D eigenvalue weighted by molar-refractivity contribution is 0.590. The first-order chi connectivity index (χ1) is 9.78. The molecule has 1 aromatic heterocycles. The summed E-state index contributed by atoms with van der Waals surface area (Å²) in [5.74, 6) is 0. The smallest absolute Gasteiger partial charge is 0.147 e. The Morgan fingerprint density at radius 1 is 1.10 bits per heavy atom. The van der Waals surface area contributed by atoms with Crippen LogP contribution in [-0.4, -0.2) is 16.7 Å². The number of fused-ring (bicyclic) bond motifs is 1. The van der Waals surface area contributed by atoms with Gasteiger partial charge in [-0.25, -0.2) is 0 Å². The van der Waals surface area contributed by atoms with Crippen LogP contribution in [0, 0.1) is 0 Å². The van der Waals surface area contributed by atoms with Crippen LogP contribution in [0.15, 0.2) is 42.5 Å². The molecule has 20 heavy (non-hydrogen) atoms. The topological polar surface area (TPSA) is 37.8 Å². The molecule has 2 aromatic carbocycles. The van der Waals surface area contributed by atoms with Gasteiger partial charge >= 0.3 is 0 Å². The second-order valence-electron chi connectivity index (χ2n) is 4.79. The third-order valence-corrected chi connectivity index (χ3v) is 4.47. The molecule has 0 amide bonds. The maximum Gasteiger partial charge on any atom is 0.147 e. The number of rotatable bonds is 4. The molecular formula is C16H17N3S. The van der Waals surface area contributed by atoms with Crippen LogP contribution in [0.3, 0.4) is 0 Å². The van der Waals surface area contributed by atoms with Gasteiger partial charge in [0.25, 0.3) is 0 Å². The van der Waals surface area contributed by atoms with Gasteiger partial charge in [0.1, 0.15) is 10.0 Å². The molecule has 1 heterocycles. The van der Waals surface area contributed by atoms with Crippen LogP contribution in [-0.2, 0) is 0 Å². The van der Waals surface area contributed by atoms with Crippen molar-refractivity contribution in [2.45, 2.75) is 19.9 Å². The van der Waals surface area contributed by atoms with Crippen LogP contribution >= 0.6 is 11.3 Å². The highest BCUT2D eigenvalue weighted by Crippen LogP contribution is 2.29. The summed E-state index contributed by atoms with van der Waals surface area (Å²) in [6.07, 6.45) is 0. The molecule has 3 nitrogen and oxygen atoms in total. The van der Waals surface area contributed by atoms with Crippen molar-refractivity contribution in [1.82, 2.24) is 15.5 Å². The van der Waals surface area contributed by atoms with E-state index in [1.807, 2.05) is 0 Å². The van der Waals surface area contributed by atoms with Crippen molar-refractivity contribution < 1.29 is 0 Å². The van der Waals surface area contributed by atoms with Crippen molar-refractivity contribution in [3.8, 4) is 10.6 Å². The van der Waals surface area contributed by atoms with Gasteiger partial charge < -0.3 is 5.32 Å². The highest BCUT2D eigenvalue weighted by Gasteiger charge is 2.12. The normalized spacial score (nSPS) is 12.7. The second-order valence-corrected chi connectivity index (χ2v) is 5.80. The largest absolute Gasteiger partial charge is 0.308 e. The van der Waals surface area contributed by atoms with Crippen molar-refractivity contribution in [1.29, 1.82) is 0 Å². The molecule has 0 spiro atoms. The number of benzene rings is 2. The first-order valence-corrected chi connectivity index (χ1v) is 7.65. The van der Waals surface area contributed by atoms with Gasteiger partial charge in [0, 0.05) is 5.56 Å². The Labute approximate surface area is 122 Å². The Morgan fingerprint density at radius 2 is 1.90 bits per heavy atom. The van der Waals surface area contributed by atoms with Gasteiger partial charge in [-0.2, -0.15) is 0 Å². The van der Waals surface area contributed by atoms with Crippen LogP contribution in [0.2, 0.25) is 0 Å². The van der Waals surface area contributed by atoms with E-state index in [1.54, 1.807) is 11.3 Å². The molecule has 1 atom stereocenters. The van der Waals surface area contributed by atoms with Crippen LogP contribution < -0.4 is 5.32 Å². The minimum Gasteiger partial charge on any atom is -0.308 e. The molecule has 3 rings (SSSR count). The summed E-state index contributed by atoms with van der Waals surface area (Å²) in [5, 5.41) is 16.5. The number of nitrogens with zero attached hydrogens (tertiary/aromatic N) is 2. The van der Waals surface area contributed by atoms with Gasteiger partial charge in [0.2, 0.25) is 0 Å². The fraction of sp³-hybridized carbons (Fsp3) is 0.250. The fourth-order valence-electron chi connectivity index (χ4n) is 2.24. The maximum atomic E-state index is 4.33. The number of aromatic nitrogens is 2. The van der Waals surface area contributed by atoms with Crippen molar-refractivity contribution in [2.75, 3.05) is 6.54 Å². The van der Waals surface area contributed by atoms with E-state index in [2.05, 4.69) is 71.8 Å². The number of nitrogens with one attached hydrogen (secondary N) is 1. The van der Waals surface area contributed by atoms with Crippen LogP contribution in [0.5, 0.6) is 0 Å². The zero-order valence-corrected chi connectivity index (χ0v) is 12.4. The van der Waals surface area contributed by atoms with Crippen molar-refractivity contribution in [3.05, 3.63) is 47.5 Å². The predicted molar refractivity (Wildman–Crippen MR) is 84.9 cm³/mol. The first-order valence-electron chi connectivity index (χ1n) is 6.84. The molecular weight excluding hydrogens is 266 g/mol. The number of hydrogen-bond donors (Lipinski definition) is 1. The Bertz CT molecular complexity index is 720. The summed E-state index contributed by atoms with van der Waals surface area (Å²) in [7, 11) is 0. The third kappa shape index (κ3) is 2.57.